The van der Waals surface area contributed by atoms with E-state index in [4.69, 9.17) is 4.74 Å². The Morgan fingerprint density at radius 1 is 1.40 bits per heavy atom. The second kappa shape index (κ2) is 8.13. The third-order valence-electron chi connectivity index (χ3n) is 4.36. The number of benzene rings is 1. The summed E-state index contributed by atoms with van der Waals surface area (Å²) in [5, 5.41) is 3.22. The van der Waals surface area contributed by atoms with Crippen molar-refractivity contribution < 1.29 is 18.3 Å². The minimum atomic E-state index is -0.508. The van der Waals surface area contributed by atoms with Crippen LogP contribution >= 0.6 is 0 Å². The fraction of sp³-hybridized carbons (Fsp3) is 0.632. The molecule has 1 aromatic carbocycles. The first-order valence-corrected chi connectivity index (χ1v) is 8.85. The SMILES string of the molecule is CC(NCCC1CCCN1C(=O)OC(C)(C)C)c1cc(F)ccc1F. The molecule has 1 heterocycles. The van der Waals surface area contributed by atoms with E-state index in [-0.39, 0.29) is 18.2 Å². The van der Waals surface area contributed by atoms with Crippen LogP contribution in [0.15, 0.2) is 18.2 Å². The van der Waals surface area contributed by atoms with Gasteiger partial charge in [0.05, 0.1) is 0 Å². The highest BCUT2D eigenvalue weighted by Gasteiger charge is 2.31. The van der Waals surface area contributed by atoms with Gasteiger partial charge in [0.2, 0.25) is 0 Å². The summed E-state index contributed by atoms with van der Waals surface area (Å²) in [6, 6.07) is 3.29. The van der Waals surface area contributed by atoms with Gasteiger partial charge in [0.25, 0.3) is 0 Å². The lowest BCUT2D eigenvalue weighted by molar-refractivity contribution is 0.0220. The van der Waals surface area contributed by atoms with Crippen LogP contribution in [0.5, 0.6) is 0 Å². The molecule has 1 saturated heterocycles. The zero-order valence-corrected chi connectivity index (χ0v) is 15.4. The summed E-state index contributed by atoms with van der Waals surface area (Å²) >= 11 is 0. The molecule has 1 aliphatic heterocycles. The van der Waals surface area contributed by atoms with E-state index in [1.807, 2.05) is 20.8 Å². The average molecular weight is 354 g/mol. The van der Waals surface area contributed by atoms with Crippen molar-refractivity contribution in [2.45, 2.75) is 64.6 Å². The van der Waals surface area contributed by atoms with Crippen LogP contribution in [-0.2, 0) is 4.74 Å². The van der Waals surface area contributed by atoms with E-state index in [0.717, 1.165) is 31.4 Å². The van der Waals surface area contributed by atoms with Crippen molar-refractivity contribution in [3.8, 4) is 0 Å². The van der Waals surface area contributed by atoms with Crippen molar-refractivity contribution in [1.82, 2.24) is 10.2 Å². The number of nitrogens with zero attached hydrogens (tertiary/aromatic N) is 1. The number of amides is 1. The van der Waals surface area contributed by atoms with Gasteiger partial charge in [-0.3, -0.25) is 0 Å². The molecule has 0 saturated carbocycles. The van der Waals surface area contributed by atoms with Gasteiger partial charge >= 0.3 is 6.09 Å². The van der Waals surface area contributed by atoms with Crippen LogP contribution in [0.1, 0.15) is 58.6 Å². The number of hydrogen-bond acceptors (Lipinski definition) is 3. The van der Waals surface area contributed by atoms with Gasteiger partial charge in [0.1, 0.15) is 17.2 Å². The van der Waals surface area contributed by atoms with Gasteiger partial charge in [-0.15, -0.1) is 0 Å². The van der Waals surface area contributed by atoms with Crippen LogP contribution < -0.4 is 5.32 Å². The lowest BCUT2D eigenvalue weighted by Crippen LogP contribution is -2.41. The number of rotatable bonds is 5. The lowest BCUT2D eigenvalue weighted by Gasteiger charge is -2.29. The van der Waals surface area contributed by atoms with Crippen molar-refractivity contribution in [2.24, 2.45) is 0 Å². The third kappa shape index (κ3) is 5.66. The number of likely N-dealkylation sites (tertiary alicyclic amines) is 1. The smallest absolute Gasteiger partial charge is 0.410 e. The molecule has 6 heteroatoms. The first-order valence-electron chi connectivity index (χ1n) is 8.85. The number of hydrogen-bond donors (Lipinski definition) is 1. The molecule has 1 amide bonds. The molecule has 0 radical (unpaired) electrons. The van der Waals surface area contributed by atoms with Gasteiger partial charge in [-0.25, -0.2) is 13.6 Å². The minimum absolute atomic E-state index is 0.118. The Hall–Kier alpha value is -1.69. The van der Waals surface area contributed by atoms with E-state index >= 15 is 0 Å². The summed E-state index contributed by atoms with van der Waals surface area (Å²) in [6.45, 7) is 8.68. The number of carbonyl (C=O) groups excluding carboxylic acids is 1. The van der Waals surface area contributed by atoms with Gasteiger partial charge in [-0.05, 0) is 71.7 Å². The molecule has 25 heavy (non-hydrogen) atoms. The molecule has 140 valence electrons. The number of halogens is 2. The summed E-state index contributed by atoms with van der Waals surface area (Å²) in [4.78, 5) is 14.0. The van der Waals surface area contributed by atoms with Crippen LogP contribution in [0, 0.1) is 11.6 Å². The average Bonchev–Trinajstić information content (AvgIpc) is 2.96. The molecule has 1 aromatic rings. The van der Waals surface area contributed by atoms with E-state index in [1.165, 1.54) is 6.07 Å². The predicted octanol–water partition coefficient (Wildman–Crippen LogP) is 4.41. The summed E-state index contributed by atoms with van der Waals surface area (Å²) in [5.74, 6) is -0.866. The van der Waals surface area contributed by atoms with Gasteiger partial charge in [0.15, 0.2) is 0 Å². The standard InChI is InChI=1S/C19H28F2N2O2/c1-13(16-12-14(20)7-8-17(16)21)22-10-9-15-6-5-11-23(15)18(24)25-19(2,3)4/h7-8,12-13,15,22H,5-6,9-11H2,1-4H3. The predicted molar refractivity (Wildman–Crippen MR) is 93.4 cm³/mol. The van der Waals surface area contributed by atoms with Crippen molar-refractivity contribution in [3.63, 3.8) is 0 Å². The minimum Gasteiger partial charge on any atom is -0.444 e. The lowest BCUT2D eigenvalue weighted by atomic mass is 10.1. The fourth-order valence-corrected chi connectivity index (χ4v) is 3.12. The Bertz CT molecular complexity index is 602. The van der Waals surface area contributed by atoms with E-state index in [1.54, 1.807) is 11.8 Å². The maximum Gasteiger partial charge on any atom is 0.410 e. The molecule has 2 atom stereocenters. The molecule has 0 bridgehead atoms. The summed E-state index contributed by atoms with van der Waals surface area (Å²) in [6.07, 6.45) is 2.36. The first kappa shape index (κ1) is 19.6. The molecule has 1 aliphatic rings. The Morgan fingerprint density at radius 3 is 2.80 bits per heavy atom. The highest BCUT2D eigenvalue weighted by Crippen LogP contribution is 2.23. The van der Waals surface area contributed by atoms with Crippen LogP contribution in [0.3, 0.4) is 0 Å². The normalized spacial score (nSPS) is 19.1. The molecule has 0 aliphatic carbocycles. The molecule has 4 nitrogen and oxygen atoms in total. The van der Waals surface area contributed by atoms with E-state index in [9.17, 15) is 13.6 Å². The van der Waals surface area contributed by atoms with Gasteiger partial charge < -0.3 is 15.0 Å². The van der Waals surface area contributed by atoms with Crippen molar-refractivity contribution in [1.29, 1.82) is 0 Å². The Balaban J connectivity index is 1.86. The Morgan fingerprint density at radius 2 is 2.12 bits per heavy atom. The van der Waals surface area contributed by atoms with Gasteiger partial charge in [-0.2, -0.15) is 0 Å². The van der Waals surface area contributed by atoms with Gasteiger partial charge in [0, 0.05) is 24.2 Å². The quantitative estimate of drug-likeness (QED) is 0.852. The van der Waals surface area contributed by atoms with Crippen LogP contribution in [0.4, 0.5) is 13.6 Å². The number of ether oxygens (including phenoxy) is 1. The van der Waals surface area contributed by atoms with E-state index in [0.29, 0.717) is 18.7 Å². The van der Waals surface area contributed by atoms with Gasteiger partial charge in [-0.1, -0.05) is 0 Å². The molecule has 0 aromatic heterocycles. The maximum absolute atomic E-state index is 13.8. The molecule has 2 unspecified atom stereocenters. The third-order valence-corrected chi connectivity index (χ3v) is 4.36. The largest absolute Gasteiger partial charge is 0.444 e. The highest BCUT2D eigenvalue weighted by molar-refractivity contribution is 5.68. The highest BCUT2D eigenvalue weighted by atomic mass is 19.1. The fourth-order valence-electron chi connectivity index (χ4n) is 3.12. The Labute approximate surface area is 148 Å². The number of carbonyl (C=O) groups is 1. The van der Waals surface area contributed by atoms with Crippen molar-refractivity contribution in [3.05, 3.63) is 35.4 Å². The molecular formula is C19H28F2N2O2. The molecule has 1 N–H and O–H groups in total. The second-order valence-electron chi connectivity index (χ2n) is 7.60. The van der Waals surface area contributed by atoms with E-state index in [2.05, 4.69) is 5.32 Å². The molecule has 2 rings (SSSR count). The zero-order valence-electron chi connectivity index (χ0n) is 15.4. The van der Waals surface area contributed by atoms with E-state index < -0.39 is 17.2 Å². The number of nitrogens with one attached hydrogen (secondary N) is 1. The summed E-state index contributed by atoms with van der Waals surface area (Å²) in [7, 11) is 0. The zero-order chi connectivity index (χ0) is 18.6. The van der Waals surface area contributed by atoms with Crippen LogP contribution in [0.25, 0.3) is 0 Å². The summed E-state index contributed by atoms with van der Waals surface area (Å²) in [5.41, 5.74) is -0.193. The second-order valence-corrected chi connectivity index (χ2v) is 7.60. The maximum atomic E-state index is 13.8. The molecule has 1 fully saturated rings. The van der Waals surface area contributed by atoms with Crippen molar-refractivity contribution >= 4 is 6.09 Å². The molecule has 0 spiro atoms. The topological polar surface area (TPSA) is 41.6 Å². The first-order chi connectivity index (χ1) is 11.7. The Kier molecular flexibility index (Phi) is 6.38. The van der Waals surface area contributed by atoms with Crippen LogP contribution in [0.2, 0.25) is 0 Å². The summed E-state index contributed by atoms with van der Waals surface area (Å²) < 4.78 is 32.5. The monoisotopic (exact) mass is 354 g/mol. The van der Waals surface area contributed by atoms with Crippen LogP contribution in [-0.4, -0.2) is 35.7 Å². The van der Waals surface area contributed by atoms with Crippen molar-refractivity contribution in [2.75, 3.05) is 13.1 Å². The molecular weight excluding hydrogens is 326 g/mol.